The third-order valence-electron chi connectivity index (χ3n) is 2.42. The Morgan fingerprint density at radius 2 is 2.27 bits per heavy atom. The predicted octanol–water partition coefficient (Wildman–Crippen LogP) is 3.08. The highest BCUT2D eigenvalue weighted by Crippen LogP contribution is 2.27. The van der Waals surface area contributed by atoms with E-state index in [9.17, 15) is 4.79 Å². The first-order valence-corrected chi connectivity index (χ1v) is 6.36. The smallest absolute Gasteiger partial charge is 0.252 e. The number of amides is 1. The first kappa shape index (κ1) is 11.2. The molecule has 1 N–H and O–H groups in total. The molecule has 1 aromatic rings. The highest BCUT2D eigenvalue weighted by molar-refractivity contribution is 14.1. The van der Waals surface area contributed by atoms with Gasteiger partial charge in [-0.25, -0.2) is 0 Å². The second-order valence-corrected chi connectivity index (χ2v) is 5.38. The Hall–Kier alpha value is -0.290. The van der Waals surface area contributed by atoms with Crippen molar-refractivity contribution >= 4 is 40.1 Å². The summed E-state index contributed by atoms with van der Waals surface area (Å²) in [5.41, 5.74) is 0.670. The number of hydrogen-bond donors (Lipinski definition) is 1. The van der Waals surface area contributed by atoms with E-state index in [1.807, 2.05) is 6.07 Å². The highest BCUT2D eigenvalue weighted by atomic mass is 127. The molecule has 0 radical (unpaired) electrons. The Kier molecular flexibility index (Phi) is 3.51. The van der Waals surface area contributed by atoms with Crippen molar-refractivity contribution in [2.24, 2.45) is 5.92 Å². The molecule has 1 aliphatic carbocycles. The van der Waals surface area contributed by atoms with Crippen LogP contribution in [0, 0.1) is 9.49 Å². The van der Waals surface area contributed by atoms with Gasteiger partial charge in [-0.15, -0.1) is 0 Å². The maximum Gasteiger partial charge on any atom is 0.252 e. The lowest BCUT2D eigenvalue weighted by Gasteiger charge is -2.06. The van der Waals surface area contributed by atoms with Crippen LogP contribution in [0.3, 0.4) is 0 Å². The molecule has 1 fully saturated rings. The number of benzene rings is 1. The molecular formula is C11H11ClINO. The van der Waals surface area contributed by atoms with E-state index in [2.05, 4.69) is 27.9 Å². The Morgan fingerprint density at radius 1 is 1.53 bits per heavy atom. The molecule has 2 rings (SSSR count). The number of halogens is 2. The average Bonchev–Trinajstić information content (AvgIpc) is 3.02. The minimum absolute atomic E-state index is 0.0196. The van der Waals surface area contributed by atoms with Gasteiger partial charge in [-0.1, -0.05) is 11.6 Å². The molecule has 0 spiro atoms. The van der Waals surface area contributed by atoms with E-state index < -0.39 is 0 Å². The maximum absolute atomic E-state index is 11.8. The van der Waals surface area contributed by atoms with Crippen molar-refractivity contribution in [2.75, 3.05) is 6.54 Å². The summed E-state index contributed by atoms with van der Waals surface area (Å²) in [6.07, 6.45) is 2.49. The van der Waals surface area contributed by atoms with Crippen LogP contribution in [0.5, 0.6) is 0 Å². The fourth-order valence-electron chi connectivity index (χ4n) is 1.33. The van der Waals surface area contributed by atoms with Crippen LogP contribution in [-0.4, -0.2) is 12.5 Å². The van der Waals surface area contributed by atoms with Crippen LogP contribution >= 0.6 is 34.2 Å². The molecule has 0 aromatic heterocycles. The van der Waals surface area contributed by atoms with Gasteiger partial charge in [0.05, 0.1) is 5.56 Å². The lowest BCUT2D eigenvalue weighted by Crippen LogP contribution is -2.26. The van der Waals surface area contributed by atoms with Crippen LogP contribution < -0.4 is 5.32 Å². The van der Waals surface area contributed by atoms with E-state index in [4.69, 9.17) is 11.6 Å². The summed E-state index contributed by atoms with van der Waals surface area (Å²) >= 11 is 8.00. The van der Waals surface area contributed by atoms with Crippen LogP contribution in [0.25, 0.3) is 0 Å². The molecule has 0 bridgehead atoms. The summed E-state index contributed by atoms with van der Waals surface area (Å²) in [5.74, 6) is 0.680. The molecule has 0 atom stereocenters. The van der Waals surface area contributed by atoms with E-state index >= 15 is 0 Å². The summed E-state index contributed by atoms with van der Waals surface area (Å²) in [6, 6.07) is 5.36. The molecule has 4 heteroatoms. The zero-order valence-electron chi connectivity index (χ0n) is 8.09. The minimum Gasteiger partial charge on any atom is -0.352 e. The van der Waals surface area contributed by atoms with Crippen LogP contribution in [0.4, 0.5) is 0 Å². The van der Waals surface area contributed by atoms with Crippen molar-refractivity contribution in [2.45, 2.75) is 12.8 Å². The second kappa shape index (κ2) is 4.70. The van der Waals surface area contributed by atoms with Crippen molar-refractivity contribution in [1.82, 2.24) is 5.32 Å². The molecule has 2 nitrogen and oxygen atoms in total. The van der Waals surface area contributed by atoms with Gasteiger partial charge in [-0.3, -0.25) is 4.79 Å². The maximum atomic E-state index is 11.8. The summed E-state index contributed by atoms with van der Waals surface area (Å²) in [7, 11) is 0. The standard InChI is InChI=1S/C11H11ClINO/c12-8-3-4-10(13)9(5-8)11(15)14-6-7-1-2-7/h3-5,7H,1-2,6H2,(H,14,15). The molecule has 1 aromatic carbocycles. The van der Waals surface area contributed by atoms with Crippen LogP contribution in [-0.2, 0) is 0 Å². The van der Waals surface area contributed by atoms with Gasteiger partial charge < -0.3 is 5.32 Å². The Bertz CT molecular complexity index is 390. The Labute approximate surface area is 108 Å². The predicted molar refractivity (Wildman–Crippen MR) is 69.2 cm³/mol. The van der Waals surface area contributed by atoms with E-state index in [0.29, 0.717) is 16.5 Å². The average molecular weight is 336 g/mol. The lowest BCUT2D eigenvalue weighted by atomic mass is 10.2. The topological polar surface area (TPSA) is 29.1 Å². The number of hydrogen-bond acceptors (Lipinski definition) is 1. The zero-order chi connectivity index (χ0) is 10.8. The van der Waals surface area contributed by atoms with Gasteiger partial charge in [0.2, 0.25) is 0 Å². The fraction of sp³-hybridized carbons (Fsp3) is 0.364. The van der Waals surface area contributed by atoms with E-state index in [-0.39, 0.29) is 5.91 Å². The molecular weight excluding hydrogens is 324 g/mol. The van der Waals surface area contributed by atoms with Crippen molar-refractivity contribution in [3.63, 3.8) is 0 Å². The van der Waals surface area contributed by atoms with Gasteiger partial charge in [0.15, 0.2) is 0 Å². The van der Waals surface area contributed by atoms with E-state index in [1.165, 1.54) is 12.8 Å². The van der Waals surface area contributed by atoms with Crippen molar-refractivity contribution in [3.05, 3.63) is 32.4 Å². The fourth-order valence-corrected chi connectivity index (χ4v) is 2.08. The number of rotatable bonds is 3. The minimum atomic E-state index is -0.0196. The van der Waals surface area contributed by atoms with Gasteiger partial charge in [0, 0.05) is 15.1 Å². The second-order valence-electron chi connectivity index (χ2n) is 3.78. The van der Waals surface area contributed by atoms with Crippen molar-refractivity contribution in [3.8, 4) is 0 Å². The largest absolute Gasteiger partial charge is 0.352 e. The molecule has 15 heavy (non-hydrogen) atoms. The summed E-state index contributed by atoms with van der Waals surface area (Å²) in [5, 5.41) is 3.53. The van der Waals surface area contributed by atoms with Gasteiger partial charge in [0.1, 0.15) is 0 Å². The summed E-state index contributed by atoms with van der Waals surface area (Å²) in [6.45, 7) is 0.793. The lowest BCUT2D eigenvalue weighted by molar-refractivity contribution is 0.0951. The van der Waals surface area contributed by atoms with Gasteiger partial charge in [0.25, 0.3) is 5.91 Å². The molecule has 0 aliphatic heterocycles. The van der Waals surface area contributed by atoms with Crippen LogP contribution in [0.2, 0.25) is 5.02 Å². The Morgan fingerprint density at radius 3 is 2.93 bits per heavy atom. The van der Waals surface area contributed by atoms with Crippen molar-refractivity contribution in [1.29, 1.82) is 0 Å². The number of carbonyl (C=O) groups excluding carboxylic acids is 1. The van der Waals surface area contributed by atoms with E-state index in [1.54, 1.807) is 12.1 Å². The third-order valence-corrected chi connectivity index (χ3v) is 3.60. The number of nitrogens with one attached hydrogen (secondary N) is 1. The molecule has 80 valence electrons. The first-order chi connectivity index (χ1) is 7.16. The summed E-state index contributed by atoms with van der Waals surface area (Å²) in [4.78, 5) is 11.8. The normalized spacial score (nSPS) is 15.1. The monoisotopic (exact) mass is 335 g/mol. The first-order valence-electron chi connectivity index (χ1n) is 4.90. The molecule has 0 saturated heterocycles. The third kappa shape index (κ3) is 3.08. The van der Waals surface area contributed by atoms with Crippen LogP contribution in [0.15, 0.2) is 18.2 Å². The highest BCUT2D eigenvalue weighted by Gasteiger charge is 2.22. The molecule has 1 aliphatic rings. The Balaban J connectivity index is 2.05. The zero-order valence-corrected chi connectivity index (χ0v) is 11.0. The van der Waals surface area contributed by atoms with Gasteiger partial charge >= 0.3 is 0 Å². The SMILES string of the molecule is O=C(NCC1CC1)c1cc(Cl)ccc1I. The number of carbonyl (C=O) groups is 1. The van der Waals surface area contributed by atoms with Crippen LogP contribution in [0.1, 0.15) is 23.2 Å². The molecule has 0 heterocycles. The quantitative estimate of drug-likeness (QED) is 0.845. The molecule has 1 saturated carbocycles. The summed E-state index contributed by atoms with van der Waals surface area (Å²) < 4.78 is 0.935. The van der Waals surface area contributed by atoms with E-state index in [0.717, 1.165) is 10.1 Å². The molecule has 0 unspecified atom stereocenters. The van der Waals surface area contributed by atoms with Gasteiger partial charge in [-0.2, -0.15) is 0 Å². The molecule has 1 amide bonds. The van der Waals surface area contributed by atoms with Gasteiger partial charge in [-0.05, 0) is 59.5 Å². The van der Waals surface area contributed by atoms with Crippen molar-refractivity contribution < 1.29 is 4.79 Å².